The van der Waals surface area contributed by atoms with Gasteiger partial charge in [0, 0.05) is 46.3 Å². The van der Waals surface area contributed by atoms with E-state index in [0.29, 0.717) is 31.6 Å². The lowest BCUT2D eigenvalue weighted by Gasteiger charge is -2.32. The minimum atomic E-state index is -3.48. The summed E-state index contributed by atoms with van der Waals surface area (Å²) in [4.78, 5) is 38.0. The van der Waals surface area contributed by atoms with E-state index in [-0.39, 0.29) is 64.1 Å². The van der Waals surface area contributed by atoms with Crippen LogP contribution in [0, 0.1) is 5.41 Å². The van der Waals surface area contributed by atoms with Crippen molar-refractivity contribution < 1.29 is 37.0 Å². The molecule has 37 heavy (non-hydrogen) atoms. The van der Waals surface area contributed by atoms with E-state index in [0.717, 1.165) is 11.8 Å². The molecule has 0 spiro atoms. The van der Waals surface area contributed by atoms with Crippen molar-refractivity contribution in [3.63, 3.8) is 0 Å². The lowest BCUT2D eigenvalue weighted by Crippen LogP contribution is -2.46. The number of nitrogens with zero attached hydrogens (tertiary/aromatic N) is 1. The Morgan fingerprint density at radius 2 is 1.81 bits per heavy atom. The summed E-state index contributed by atoms with van der Waals surface area (Å²) in [5.74, 6) is -0.551. The third-order valence-corrected chi connectivity index (χ3v) is 7.44. The molecule has 0 radical (unpaired) electrons. The Labute approximate surface area is 219 Å². The highest BCUT2D eigenvalue weighted by Crippen LogP contribution is 2.30. The van der Waals surface area contributed by atoms with Gasteiger partial charge in [-0.25, -0.2) is 12.7 Å². The summed E-state index contributed by atoms with van der Waals surface area (Å²) in [6.45, 7) is 2.75. The van der Waals surface area contributed by atoms with Crippen LogP contribution in [0.2, 0.25) is 0 Å². The SMILES string of the molecule is CCOC(=O)C1(CCOC)CNC(=O)CCCN(S(C)(=O)=O)CCCNC(=O)COc2ccc(cc2)C1. The Morgan fingerprint density at radius 1 is 1.11 bits per heavy atom. The van der Waals surface area contributed by atoms with Gasteiger partial charge in [0.15, 0.2) is 6.61 Å². The number of sulfonamides is 1. The van der Waals surface area contributed by atoms with Crippen molar-refractivity contribution in [1.29, 1.82) is 0 Å². The molecule has 1 aromatic carbocycles. The molecule has 1 aromatic rings. The molecule has 1 unspecified atom stereocenters. The molecule has 2 amide bonds. The lowest BCUT2D eigenvalue weighted by molar-refractivity contribution is -0.156. The van der Waals surface area contributed by atoms with Crippen molar-refractivity contribution in [3.8, 4) is 5.75 Å². The van der Waals surface area contributed by atoms with E-state index >= 15 is 0 Å². The number of benzene rings is 1. The predicted molar refractivity (Wildman–Crippen MR) is 137 cm³/mol. The Bertz CT molecular complexity index is 1000. The normalized spacial score (nSPS) is 21.4. The number of esters is 1. The first-order valence-corrected chi connectivity index (χ1v) is 14.3. The molecule has 0 aliphatic carbocycles. The van der Waals surface area contributed by atoms with E-state index < -0.39 is 21.4 Å². The zero-order valence-corrected chi connectivity index (χ0v) is 22.7. The summed E-state index contributed by atoms with van der Waals surface area (Å²) in [7, 11) is -1.94. The smallest absolute Gasteiger partial charge is 0.314 e. The zero-order valence-electron chi connectivity index (χ0n) is 21.9. The van der Waals surface area contributed by atoms with Gasteiger partial charge in [0.25, 0.3) is 5.91 Å². The summed E-state index contributed by atoms with van der Waals surface area (Å²) in [6, 6.07) is 7.06. The van der Waals surface area contributed by atoms with Crippen molar-refractivity contribution in [3.05, 3.63) is 29.8 Å². The molecule has 1 atom stereocenters. The van der Waals surface area contributed by atoms with Gasteiger partial charge in [-0.1, -0.05) is 12.1 Å². The van der Waals surface area contributed by atoms with Crippen molar-refractivity contribution in [2.45, 2.75) is 39.0 Å². The van der Waals surface area contributed by atoms with Crippen LogP contribution in [0.4, 0.5) is 0 Å². The molecule has 0 aromatic heterocycles. The number of amides is 2. The van der Waals surface area contributed by atoms with E-state index in [9.17, 15) is 22.8 Å². The first kappa shape index (κ1) is 30.5. The molecule has 0 saturated carbocycles. The van der Waals surface area contributed by atoms with Crippen LogP contribution in [-0.4, -0.2) is 89.9 Å². The van der Waals surface area contributed by atoms with E-state index in [2.05, 4.69) is 10.6 Å². The second kappa shape index (κ2) is 14.9. The molecule has 11 nitrogen and oxygen atoms in total. The minimum Gasteiger partial charge on any atom is -0.484 e. The zero-order chi connectivity index (χ0) is 27.3. The quantitative estimate of drug-likeness (QED) is 0.506. The number of carbonyl (C=O) groups is 3. The monoisotopic (exact) mass is 541 g/mol. The third-order valence-electron chi connectivity index (χ3n) is 6.14. The standard InChI is InChI=1S/C25H39N3O8S/c1-4-35-24(31)25(12-16-34-2)17-20-8-10-21(11-9-20)36-18-23(30)26-13-6-15-28(37(3,32)33)14-5-7-22(29)27-19-25/h8-11H,4-7,12-19H2,1-3H3,(H,26,30)(H,27,29). The van der Waals surface area contributed by atoms with Crippen molar-refractivity contribution in [1.82, 2.24) is 14.9 Å². The maximum absolute atomic E-state index is 13.2. The molecule has 208 valence electrons. The molecular formula is C25H39N3O8S. The summed E-state index contributed by atoms with van der Waals surface area (Å²) < 4.78 is 41.8. The van der Waals surface area contributed by atoms with Crippen LogP contribution in [0.1, 0.15) is 38.2 Å². The fourth-order valence-corrected chi connectivity index (χ4v) is 4.98. The van der Waals surface area contributed by atoms with Crippen LogP contribution in [0.25, 0.3) is 0 Å². The van der Waals surface area contributed by atoms with Gasteiger partial charge in [0.2, 0.25) is 15.9 Å². The van der Waals surface area contributed by atoms with Gasteiger partial charge in [-0.2, -0.15) is 0 Å². The number of ether oxygens (including phenoxy) is 3. The highest BCUT2D eigenvalue weighted by atomic mass is 32.2. The highest BCUT2D eigenvalue weighted by molar-refractivity contribution is 7.88. The number of hydrogen-bond acceptors (Lipinski definition) is 8. The number of nitrogens with one attached hydrogen (secondary N) is 2. The number of rotatable bonds is 6. The van der Waals surface area contributed by atoms with E-state index in [1.807, 2.05) is 12.1 Å². The molecule has 0 saturated heterocycles. The Hall–Kier alpha value is -2.70. The van der Waals surface area contributed by atoms with Crippen LogP contribution in [0.15, 0.2) is 24.3 Å². The van der Waals surface area contributed by atoms with E-state index in [1.54, 1.807) is 26.2 Å². The average Bonchev–Trinajstić information content (AvgIpc) is 2.85. The van der Waals surface area contributed by atoms with Gasteiger partial charge in [0.1, 0.15) is 5.75 Å². The molecule has 2 aliphatic rings. The molecule has 0 fully saturated rings. The molecule has 2 N–H and O–H groups in total. The maximum atomic E-state index is 13.2. The molecule has 2 heterocycles. The fourth-order valence-electron chi connectivity index (χ4n) is 4.06. The predicted octanol–water partition coefficient (Wildman–Crippen LogP) is 0.872. The van der Waals surface area contributed by atoms with Crippen molar-refractivity contribution in [2.24, 2.45) is 5.41 Å². The molecule has 2 aliphatic heterocycles. The van der Waals surface area contributed by atoms with Crippen LogP contribution in [-0.2, 0) is 40.3 Å². The third kappa shape index (κ3) is 10.3. The second-order valence-electron chi connectivity index (χ2n) is 9.10. The molecule has 12 heteroatoms. The Balaban J connectivity index is 2.30. The Kier molecular flexibility index (Phi) is 12.3. The summed E-state index contributed by atoms with van der Waals surface area (Å²) in [6.07, 6.45) is 2.55. The average molecular weight is 542 g/mol. The lowest BCUT2D eigenvalue weighted by atomic mass is 9.78. The van der Waals surface area contributed by atoms with E-state index in [4.69, 9.17) is 14.2 Å². The van der Waals surface area contributed by atoms with Crippen molar-refractivity contribution >= 4 is 27.8 Å². The summed E-state index contributed by atoms with van der Waals surface area (Å²) in [5, 5.41) is 5.57. The largest absolute Gasteiger partial charge is 0.484 e. The van der Waals surface area contributed by atoms with Gasteiger partial charge in [-0.05, 0) is 50.3 Å². The van der Waals surface area contributed by atoms with Crippen LogP contribution < -0.4 is 15.4 Å². The topological polar surface area (TPSA) is 140 Å². The number of hydrogen-bond donors (Lipinski definition) is 2. The van der Waals surface area contributed by atoms with Crippen LogP contribution >= 0.6 is 0 Å². The first-order valence-electron chi connectivity index (χ1n) is 12.5. The van der Waals surface area contributed by atoms with Crippen LogP contribution in [0.5, 0.6) is 5.75 Å². The summed E-state index contributed by atoms with van der Waals surface area (Å²) in [5.41, 5.74) is -0.239. The second-order valence-corrected chi connectivity index (χ2v) is 11.1. The van der Waals surface area contributed by atoms with Crippen LogP contribution in [0.3, 0.4) is 0 Å². The maximum Gasteiger partial charge on any atom is 0.314 e. The van der Waals surface area contributed by atoms with E-state index in [1.165, 1.54) is 4.31 Å². The Morgan fingerprint density at radius 3 is 2.46 bits per heavy atom. The van der Waals surface area contributed by atoms with Gasteiger partial charge in [-0.3, -0.25) is 14.4 Å². The fraction of sp³-hybridized carbons (Fsp3) is 0.640. The summed E-state index contributed by atoms with van der Waals surface area (Å²) >= 11 is 0. The minimum absolute atomic E-state index is 0.0439. The molecule has 2 bridgehead atoms. The number of carbonyl (C=O) groups excluding carboxylic acids is 3. The van der Waals surface area contributed by atoms with Gasteiger partial charge < -0.3 is 24.8 Å². The van der Waals surface area contributed by atoms with Gasteiger partial charge >= 0.3 is 5.97 Å². The number of methoxy groups -OCH3 is 1. The van der Waals surface area contributed by atoms with Crippen molar-refractivity contribution in [2.75, 3.05) is 59.4 Å². The first-order chi connectivity index (χ1) is 17.6. The van der Waals surface area contributed by atoms with Gasteiger partial charge in [-0.15, -0.1) is 0 Å². The number of fused-ring (bicyclic) bond motifs is 17. The van der Waals surface area contributed by atoms with Gasteiger partial charge in [0.05, 0.1) is 18.3 Å². The molecular weight excluding hydrogens is 502 g/mol. The molecule has 3 rings (SSSR count). The highest BCUT2D eigenvalue weighted by Gasteiger charge is 2.40.